The molecule has 9 aromatic carbocycles. The van der Waals surface area contributed by atoms with E-state index in [-0.39, 0.29) is 5.41 Å². The topological polar surface area (TPSA) is 53.7 Å². The number of benzene rings is 9. The summed E-state index contributed by atoms with van der Waals surface area (Å²) in [6.07, 6.45) is 1.54. The molecule has 1 heterocycles. The fourth-order valence-corrected chi connectivity index (χ4v) is 9.81. The number of fused-ring (bicyclic) bond motifs is 7. The van der Waals surface area contributed by atoms with Crippen molar-refractivity contribution in [1.82, 2.24) is 9.88 Å². The second-order valence-electron chi connectivity index (χ2n) is 17.5. The van der Waals surface area contributed by atoms with E-state index in [2.05, 4.69) is 223 Å². The quantitative estimate of drug-likeness (QED) is 0.112. The maximum Gasteiger partial charge on any atom is 0.231 e. The van der Waals surface area contributed by atoms with Crippen molar-refractivity contribution in [2.24, 2.45) is 9.98 Å². The summed E-state index contributed by atoms with van der Waals surface area (Å²) in [6.45, 7) is 4.68. The third-order valence-corrected chi connectivity index (χ3v) is 13.1. The van der Waals surface area contributed by atoms with Crippen LogP contribution >= 0.6 is 0 Å². The van der Waals surface area contributed by atoms with Gasteiger partial charge in [0.05, 0.1) is 11.0 Å². The monoisotopic (exact) mass is 851 g/mol. The molecule has 1 atom stereocenters. The second kappa shape index (κ2) is 17.1. The van der Waals surface area contributed by atoms with E-state index in [0.29, 0.717) is 5.96 Å². The minimum absolute atomic E-state index is 0.202. The van der Waals surface area contributed by atoms with Crippen LogP contribution in [-0.2, 0) is 5.41 Å². The molecule has 0 saturated carbocycles. The largest absolute Gasteiger partial charge is 0.355 e. The van der Waals surface area contributed by atoms with Gasteiger partial charge in [-0.05, 0) is 105 Å². The van der Waals surface area contributed by atoms with Crippen LogP contribution < -0.4 is 10.6 Å². The van der Waals surface area contributed by atoms with Gasteiger partial charge in [-0.25, -0.2) is 9.98 Å². The smallest absolute Gasteiger partial charge is 0.231 e. The molecule has 66 heavy (non-hydrogen) atoms. The van der Waals surface area contributed by atoms with Gasteiger partial charge < -0.3 is 5.32 Å². The number of nitrogens with zero attached hydrogens (tertiary/aromatic N) is 3. The van der Waals surface area contributed by atoms with Gasteiger partial charge in [0.25, 0.3) is 0 Å². The van der Waals surface area contributed by atoms with Crippen LogP contribution in [0.25, 0.3) is 66.3 Å². The second-order valence-corrected chi connectivity index (χ2v) is 17.5. The van der Waals surface area contributed by atoms with Crippen LogP contribution in [-0.4, -0.2) is 23.8 Å². The summed E-state index contributed by atoms with van der Waals surface area (Å²) in [4.78, 5) is 11.0. The number of anilines is 2. The van der Waals surface area contributed by atoms with E-state index in [4.69, 9.17) is 9.98 Å². The van der Waals surface area contributed by atoms with Crippen LogP contribution in [0.5, 0.6) is 0 Å². The Morgan fingerprint density at radius 3 is 1.92 bits per heavy atom. The van der Waals surface area contributed by atoms with Crippen molar-refractivity contribution >= 4 is 45.4 Å². The molecule has 10 aromatic rings. The molecule has 11 rings (SSSR count). The molecule has 1 aliphatic carbocycles. The van der Waals surface area contributed by atoms with E-state index in [1.54, 1.807) is 0 Å². The van der Waals surface area contributed by atoms with Crippen LogP contribution in [0.2, 0.25) is 0 Å². The molecular formula is C61H49N5. The van der Waals surface area contributed by atoms with Gasteiger partial charge in [0, 0.05) is 44.9 Å². The lowest BCUT2D eigenvalue weighted by atomic mass is 9.82. The van der Waals surface area contributed by atoms with Crippen molar-refractivity contribution in [3.05, 3.63) is 241 Å². The highest BCUT2D eigenvalue weighted by atomic mass is 15.2. The van der Waals surface area contributed by atoms with Gasteiger partial charge in [-0.2, -0.15) is 0 Å². The molecule has 0 aliphatic heterocycles. The predicted octanol–water partition coefficient (Wildman–Crippen LogP) is 15.1. The van der Waals surface area contributed by atoms with Crippen molar-refractivity contribution in [2.75, 3.05) is 12.4 Å². The van der Waals surface area contributed by atoms with Gasteiger partial charge in [-0.15, -0.1) is 0 Å². The Morgan fingerprint density at radius 1 is 0.530 bits per heavy atom. The average molecular weight is 852 g/mol. The van der Waals surface area contributed by atoms with E-state index in [0.717, 1.165) is 77.7 Å². The molecule has 0 saturated heterocycles. The lowest BCUT2D eigenvalue weighted by molar-refractivity contribution is 0.622. The minimum atomic E-state index is -0.400. The standard InChI is InChI=1S/C61H49N5/c1-61(2)53-30-17-16-29-50(53)57-54(61)34-33-49-52-39-46(45-31-35-55(64-48-27-14-7-15-28-48)51(38-45)43-23-12-6-13-24-43)32-36-56(52)66(58(49)57)60(63-40-41-19-8-4-9-20-41)65-59(62-3)47-26-18-25-44(37-47)42-21-10-5-11-22-42/h4-40,59,62,64H,1-3H3/b63-40+,65-60+. The molecule has 0 bridgehead atoms. The maximum atomic E-state index is 5.61. The van der Waals surface area contributed by atoms with Crippen LogP contribution in [0.15, 0.2) is 228 Å². The van der Waals surface area contributed by atoms with E-state index in [1.807, 2.05) is 37.5 Å². The summed E-state index contributed by atoms with van der Waals surface area (Å²) in [5, 5.41) is 9.53. The lowest BCUT2D eigenvalue weighted by Gasteiger charge is -2.21. The van der Waals surface area contributed by atoms with Crippen LogP contribution in [0.4, 0.5) is 11.4 Å². The summed E-state index contributed by atoms with van der Waals surface area (Å²) in [5.74, 6) is 0.592. The van der Waals surface area contributed by atoms with E-state index < -0.39 is 6.17 Å². The molecule has 318 valence electrons. The summed E-state index contributed by atoms with van der Waals surface area (Å²) in [6, 6.07) is 77.6. The van der Waals surface area contributed by atoms with E-state index in [9.17, 15) is 0 Å². The molecule has 0 spiro atoms. The highest BCUT2D eigenvalue weighted by Crippen LogP contribution is 2.53. The van der Waals surface area contributed by atoms with Gasteiger partial charge in [0.2, 0.25) is 5.96 Å². The third-order valence-electron chi connectivity index (χ3n) is 13.1. The van der Waals surface area contributed by atoms with Crippen LogP contribution in [0, 0.1) is 0 Å². The Hall–Kier alpha value is -8.12. The Morgan fingerprint density at radius 2 is 1.17 bits per heavy atom. The zero-order valence-corrected chi connectivity index (χ0v) is 37.3. The number of para-hydroxylation sites is 1. The van der Waals surface area contributed by atoms with E-state index in [1.165, 1.54) is 22.3 Å². The van der Waals surface area contributed by atoms with Crippen molar-refractivity contribution in [3.8, 4) is 44.5 Å². The Balaban J connectivity index is 1.15. The highest BCUT2D eigenvalue weighted by Gasteiger charge is 2.38. The van der Waals surface area contributed by atoms with Crippen molar-refractivity contribution in [2.45, 2.75) is 25.4 Å². The number of nitrogens with one attached hydrogen (secondary N) is 2. The fourth-order valence-electron chi connectivity index (χ4n) is 9.81. The molecule has 0 amide bonds. The van der Waals surface area contributed by atoms with Crippen molar-refractivity contribution in [3.63, 3.8) is 0 Å². The molecule has 5 nitrogen and oxygen atoms in total. The first-order valence-electron chi connectivity index (χ1n) is 22.7. The summed E-state index contributed by atoms with van der Waals surface area (Å²) < 4.78 is 2.32. The fraction of sp³-hybridized carbons (Fsp3) is 0.0820. The summed E-state index contributed by atoms with van der Waals surface area (Å²) in [5.41, 5.74) is 18.0. The maximum absolute atomic E-state index is 5.61. The zero-order valence-electron chi connectivity index (χ0n) is 37.3. The first-order valence-corrected chi connectivity index (χ1v) is 22.7. The van der Waals surface area contributed by atoms with Crippen LogP contribution in [0.1, 0.15) is 42.3 Å². The van der Waals surface area contributed by atoms with Crippen LogP contribution in [0.3, 0.4) is 0 Å². The predicted molar refractivity (Wildman–Crippen MR) is 278 cm³/mol. The van der Waals surface area contributed by atoms with Gasteiger partial charge in [-0.3, -0.25) is 9.88 Å². The first-order chi connectivity index (χ1) is 32.4. The number of hydrogen-bond donors (Lipinski definition) is 2. The van der Waals surface area contributed by atoms with Gasteiger partial charge >= 0.3 is 0 Å². The molecular weight excluding hydrogens is 803 g/mol. The zero-order chi connectivity index (χ0) is 44.6. The van der Waals surface area contributed by atoms with Gasteiger partial charge in [0.15, 0.2) is 0 Å². The normalized spacial score (nSPS) is 13.5. The SMILES string of the molecule is CNC(/N=C(\N=C\c1ccccc1)n1c2ccc(-c3ccc(Nc4ccccc4)c(-c4ccccc4)c3)cc2c2ccc3c(c21)-c1ccccc1C3(C)C)c1cccc(-c2ccccc2)c1. The first kappa shape index (κ1) is 40.6. The van der Waals surface area contributed by atoms with Crippen molar-refractivity contribution < 1.29 is 0 Å². The molecule has 2 N–H and O–H groups in total. The Kier molecular flexibility index (Phi) is 10.5. The number of rotatable bonds is 9. The van der Waals surface area contributed by atoms with E-state index >= 15 is 0 Å². The lowest BCUT2D eigenvalue weighted by Crippen LogP contribution is -2.19. The molecule has 1 unspecified atom stereocenters. The molecule has 1 aliphatic rings. The van der Waals surface area contributed by atoms with Crippen molar-refractivity contribution in [1.29, 1.82) is 0 Å². The molecule has 0 radical (unpaired) electrons. The summed E-state index contributed by atoms with van der Waals surface area (Å²) >= 11 is 0. The number of aromatic nitrogens is 1. The minimum Gasteiger partial charge on any atom is -0.355 e. The van der Waals surface area contributed by atoms with Gasteiger partial charge in [0.1, 0.15) is 6.17 Å². The number of aliphatic imine (C=N–C) groups is 2. The third kappa shape index (κ3) is 7.39. The Bertz CT molecular complexity index is 3440. The molecule has 0 fully saturated rings. The molecule has 5 heteroatoms. The molecule has 1 aromatic heterocycles. The summed E-state index contributed by atoms with van der Waals surface area (Å²) in [7, 11) is 1.97. The van der Waals surface area contributed by atoms with Gasteiger partial charge in [-0.1, -0.05) is 190 Å². The average Bonchev–Trinajstić information content (AvgIpc) is 3.83. The number of hydrogen-bond acceptors (Lipinski definition) is 3. The highest BCUT2D eigenvalue weighted by molar-refractivity contribution is 6.20. The Labute approximate surface area is 386 Å².